The smallest absolute Gasteiger partial charge is 0.363 e. The molecule has 0 aliphatic carbocycles. The lowest BCUT2D eigenvalue weighted by atomic mass is 10.3. The molecule has 0 spiro atoms. The Labute approximate surface area is 80.8 Å². The second-order valence-electron chi connectivity index (χ2n) is 2.82. The molecular weight excluding hydrogens is 181 g/mol. The van der Waals surface area contributed by atoms with Crippen molar-refractivity contribution >= 4 is 19.5 Å². The highest BCUT2D eigenvalue weighted by Gasteiger charge is 2.03. The number of benzene rings is 1. The van der Waals surface area contributed by atoms with Gasteiger partial charge in [-0.1, -0.05) is 4.57 Å². The normalized spacial score (nSPS) is 10.3. The van der Waals surface area contributed by atoms with Gasteiger partial charge < -0.3 is 4.90 Å². The highest BCUT2D eigenvalue weighted by Crippen LogP contribution is 2.12. The first-order valence-corrected chi connectivity index (χ1v) is 5.45. The van der Waals surface area contributed by atoms with Gasteiger partial charge in [-0.25, -0.2) is 0 Å². The van der Waals surface area contributed by atoms with Gasteiger partial charge in [-0.15, -0.1) is 0 Å². The van der Waals surface area contributed by atoms with Gasteiger partial charge in [0.1, 0.15) is 0 Å². The molecular formula is C10H15NOP+. The van der Waals surface area contributed by atoms with Gasteiger partial charge in [0.25, 0.3) is 0 Å². The molecule has 0 amide bonds. The summed E-state index contributed by atoms with van der Waals surface area (Å²) in [5.74, 6) is 0. The molecule has 1 aromatic carbocycles. The Kier molecular flexibility index (Phi) is 3.91. The molecule has 0 aliphatic rings. The largest absolute Gasteiger partial charge is 0.372 e. The summed E-state index contributed by atoms with van der Waals surface area (Å²) in [4.78, 5) is 2.26. The van der Waals surface area contributed by atoms with Gasteiger partial charge >= 0.3 is 8.46 Å². The Bertz CT molecular complexity index is 267. The highest BCUT2D eigenvalue weighted by atomic mass is 31.1. The zero-order chi connectivity index (χ0) is 9.68. The minimum Gasteiger partial charge on any atom is -0.372 e. The molecule has 0 aliphatic heterocycles. The molecule has 0 saturated carbocycles. The Hall–Kier alpha value is -0.880. The van der Waals surface area contributed by atoms with E-state index in [-0.39, 0.29) is 8.46 Å². The molecule has 2 nitrogen and oxygen atoms in total. The predicted molar refractivity (Wildman–Crippen MR) is 58.6 cm³/mol. The van der Waals surface area contributed by atoms with Crippen LogP contribution in [0, 0.1) is 0 Å². The summed E-state index contributed by atoms with van der Waals surface area (Å²) in [6, 6.07) is 7.87. The second-order valence-corrected chi connectivity index (χ2v) is 3.60. The van der Waals surface area contributed by atoms with Crippen LogP contribution in [-0.4, -0.2) is 13.1 Å². The van der Waals surface area contributed by atoms with Crippen LogP contribution < -0.4 is 10.2 Å². The lowest BCUT2D eigenvalue weighted by molar-refractivity contribution is 0.603. The average Bonchev–Trinajstić information content (AvgIpc) is 2.21. The van der Waals surface area contributed by atoms with Crippen molar-refractivity contribution in [2.45, 2.75) is 13.8 Å². The first-order valence-electron chi connectivity index (χ1n) is 4.55. The fraction of sp³-hybridized carbons (Fsp3) is 0.400. The number of hydrogen-bond donors (Lipinski definition) is 0. The lowest BCUT2D eigenvalue weighted by Crippen LogP contribution is -2.21. The summed E-state index contributed by atoms with van der Waals surface area (Å²) >= 11 is 0. The predicted octanol–water partition coefficient (Wildman–Crippen LogP) is 2.18. The van der Waals surface area contributed by atoms with Crippen molar-refractivity contribution in [3.8, 4) is 0 Å². The first kappa shape index (κ1) is 10.2. The Balaban J connectivity index is 2.83. The molecule has 1 rings (SSSR count). The molecule has 70 valence electrons. The minimum absolute atomic E-state index is 0.347. The molecule has 1 unspecified atom stereocenters. The van der Waals surface area contributed by atoms with Gasteiger partial charge in [0.05, 0.1) is 0 Å². The molecule has 0 radical (unpaired) electrons. The molecule has 0 saturated heterocycles. The van der Waals surface area contributed by atoms with E-state index in [2.05, 4.69) is 18.7 Å². The van der Waals surface area contributed by atoms with E-state index in [0.717, 1.165) is 18.4 Å². The van der Waals surface area contributed by atoms with Crippen molar-refractivity contribution < 1.29 is 4.57 Å². The number of anilines is 1. The van der Waals surface area contributed by atoms with E-state index in [1.54, 1.807) is 0 Å². The Morgan fingerprint density at radius 1 is 1.15 bits per heavy atom. The molecule has 0 bridgehead atoms. The fourth-order valence-corrected chi connectivity index (χ4v) is 1.63. The van der Waals surface area contributed by atoms with E-state index >= 15 is 0 Å². The van der Waals surface area contributed by atoms with Gasteiger partial charge in [-0.3, -0.25) is 0 Å². The number of hydrogen-bond acceptors (Lipinski definition) is 2. The quantitative estimate of drug-likeness (QED) is 0.688. The average molecular weight is 196 g/mol. The summed E-state index contributed by atoms with van der Waals surface area (Å²) < 4.78 is 10.6. The maximum Gasteiger partial charge on any atom is 0.363 e. The molecule has 1 atom stereocenters. The summed E-state index contributed by atoms with van der Waals surface area (Å²) in [7, 11) is -0.347. The van der Waals surface area contributed by atoms with Crippen LogP contribution in [0.25, 0.3) is 0 Å². The van der Waals surface area contributed by atoms with Crippen molar-refractivity contribution in [3.63, 3.8) is 0 Å². The topological polar surface area (TPSA) is 20.3 Å². The monoisotopic (exact) mass is 196 g/mol. The minimum atomic E-state index is -0.347. The van der Waals surface area contributed by atoms with E-state index in [1.165, 1.54) is 5.69 Å². The molecule has 13 heavy (non-hydrogen) atoms. The maximum atomic E-state index is 10.6. The standard InChI is InChI=1S/C10H14NOP/c1-3-11(4-2)9-5-7-10(13-12)8-6-9/h5-8H,3-4H2,1-2H3/p+1. The van der Waals surface area contributed by atoms with Crippen LogP contribution in [0.5, 0.6) is 0 Å². The van der Waals surface area contributed by atoms with Gasteiger partial charge in [0, 0.05) is 18.8 Å². The first-order chi connectivity index (χ1) is 6.31. The third kappa shape index (κ3) is 2.53. The third-order valence-corrected chi connectivity index (χ3v) is 2.68. The Morgan fingerprint density at radius 2 is 1.69 bits per heavy atom. The number of rotatable bonds is 4. The maximum absolute atomic E-state index is 10.6. The van der Waals surface area contributed by atoms with Gasteiger partial charge in [0.2, 0.25) is 0 Å². The van der Waals surface area contributed by atoms with Crippen molar-refractivity contribution in [3.05, 3.63) is 24.3 Å². The van der Waals surface area contributed by atoms with Crippen LogP contribution in [-0.2, 0) is 4.57 Å². The van der Waals surface area contributed by atoms with Gasteiger partial charge in [0.15, 0.2) is 5.30 Å². The molecule has 1 aromatic rings. The van der Waals surface area contributed by atoms with Crippen LogP contribution >= 0.6 is 8.46 Å². The third-order valence-electron chi connectivity index (χ3n) is 2.11. The van der Waals surface area contributed by atoms with E-state index < -0.39 is 0 Å². The summed E-state index contributed by atoms with van der Waals surface area (Å²) in [6.07, 6.45) is 0. The molecule has 3 heteroatoms. The van der Waals surface area contributed by atoms with E-state index in [1.807, 2.05) is 24.3 Å². The van der Waals surface area contributed by atoms with E-state index in [4.69, 9.17) is 0 Å². The number of nitrogens with zero attached hydrogens (tertiary/aromatic N) is 1. The van der Waals surface area contributed by atoms with Crippen molar-refractivity contribution in [2.24, 2.45) is 0 Å². The molecule has 0 aromatic heterocycles. The van der Waals surface area contributed by atoms with Crippen molar-refractivity contribution in [1.82, 2.24) is 0 Å². The second kappa shape index (κ2) is 4.98. The van der Waals surface area contributed by atoms with Crippen LogP contribution in [0.2, 0.25) is 0 Å². The summed E-state index contributed by atoms with van der Waals surface area (Å²) in [5.41, 5.74) is 1.20. The van der Waals surface area contributed by atoms with Crippen molar-refractivity contribution in [2.75, 3.05) is 18.0 Å². The van der Waals surface area contributed by atoms with Gasteiger partial charge in [-0.05, 0) is 38.1 Å². The van der Waals surface area contributed by atoms with Crippen LogP contribution in [0.4, 0.5) is 5.69 Å². The summed E-state index contributed by atoms with van der Waals surface area (Å²) in [6.45, 7) is 6.28. The molecule has 0 heterocycles. The fourth-order valence-electron chi connectivity index (χ4n) is 1.33. The van der Waals surface area contributed by atoms with Crippen LogP contribution in [0.1, 0.15) is 13.8 Å². The Morgan fingerprint density at radius 3 is 2.08 bits per heavy atom. The zero-order valence-corrected chi connectivity index (χ0v) is 9.08. The lowest BCUT2D eigenvalue weighted by Gasteiger charge is -2.20. The molecule has 0 N–H and O–H groups in total. The van der Waals surface area contributed by atoms with Crippen molar-refractivity contribution in [1.29, 1.82) is 0 Å². The van der Waals surface area contributed by atoms with E-state index in [9.17, 15) is 4.57 Å². The van der Waals surface area contributed by atoms with Crippen LogP contribution in [0.15, 0.2) is 24.3 Å². The molecule has 0 fully saturated rings. The van der Waals surface area contributed by atoms with E-state index in [0.29, 0.717) is 0 Å². The summed E-state index contributed by atoms with van der Waals surface area (Å²) in [5, 5.41) is 0.885. The highest BCUT2D eigenvalue weighted by molar-refractivity contribution is 7.34. The SMILES string of the molecule is CCN(CC)c1ccc([PH+]=O)cc1. The zero-order valence-electron chi connectivity index (χ0n) is 8.08. The van der Waals surface area contributed by atoms with Gasteiger partial charge in [-0.2, -0.15) is 0 Å². The van der Waals surface area contributed by atoms with Crippen LogP contribution in [0.3, 0.4) is 0 Å².